The molecule has 0 bridgehead atoms. The summed E-state index contributed by atoms with van der Waals surface area (Å²) in [4.78, 5) is 0. The molecule has 0 aliphatic heterocycles. The number of hydrogen-bond acceptors (Lipinski definition) is 2. The van der Waals surface area contributed by atoms with Gasteiger partial charge >= 0.3 is 0 Å². The second-order valence-corrected chi connectivity index (χ2v) is 5.43. The second kappa shape index (κ2) is 7.49. The molecule has 0 amide bonds. The first kappa shape index (κ1) is 15.1. The minimum atomic E-state index is -0.121. The maximum Gasteiger partial charge on any atom is 0.127 e. The van der Waals surface area contributed by atoms with E-state index in [0.717, 1.165) is 24.2 Å². The highest BCUT2D eigenvalue weighted by atomic mass is 19.1. The molecule has 2 nitrogen and oxygen atoms in total. The third kappa shape index (κ3) is 5.61. The third-order valence-electron chi connectivity index (χ3n) is 2.85. The molecule has 18 heavy (non-hydrogen) atoms. The van der Waals surface area contributed by atoms with E-state index >= 15 is 0 Å². The van der Waals surface area contributed by atoms with Gasteiger partial charge in [0, 0.05) is 24.7 Å². The van der Waals surface area contributed by atoms with Gasteiger partial charge in [0.2, 0.25) is 0 Å². The lowest BCUT2D eigenvalue weighted by Crippen LogP contribution is -2.37. The SMILES string of the molecule is Cc1ccc(CNC(C)CNCC(C)C)c(F)c1. The van der Waals surface area contributed by atoms with E-state index in [2.05, 4.69) is 31.4 Å². The summed E-state index contributed by atoms with van der Waals surface area (Å²) < 4.78 is 13.6. The van der Waals surface area contributed by atoms with Crippen LogP contribution in [0.5, 0.6) is 0 Å². The normalized spacial score (nSPS) is 13.0. The van der Waals surface area contributed by atoms with Gasteiger partial charge in [-0.25, -0.2) is 4.39 Å². The topological polar surface area (TPSA) is 24.1 Å². The van der Waals surface area contributed by atoms with Crippen molar-refractivity contribution < 1.29 is 4.39 Å². The Morgan fingerprint density at radius 2 is 1.89 bits per heavy atom. The van der Waals surface area contributed by atoms with Gasteiger partial charge in [-0.1, -0.05) is 26.0 Å². The zero-order chi connectivity index (χ0) is 13.5. The highest BCUT2D eigenvalue weighted by molar-refractivity contribution is 5.23. The lowest BCUT2D eigenvalue weighted by Gasteiger charge is -2.16. The van der Waals surface area contributed by atoms with Crippen molar-refractivity contribution in [3.05, 3.63) is 35.1 Å². The Kier molecular flexibility index (Phi) is 6.30. The van der Waals surface area contributed by atoms with Gasteiger partial charge in [-0.05, 0) is 37.9 Å². The number of halogens is 1. The van der Waals surface area contributed by atoms with E-state index < -0.39 is 0 Å². The largest absolute Gasteiger partial charge is 0.315 e. The molecular formula is C15H25FN2. The van der Waals surface area contributed by atoms with Gasteiger partial charge in [0.25, 0.3) is 0 Å². The third-order valence-corrected chi connectivity index (χ3v) is 2.85. The maximum atomic E-state index is 13.6. The summed E-state index contributed by atoms with van der Waals surface area (Å²) in [6.45, 7) is 10.9. The molecule has 0 saturated carbocycles. The van der Waals surface area contributed by atoms with Crippen molar-refractivity contribution in [1.82, 2.24) is 10.6 Å². The molecule has 0 fully saturated rings. The van der Waals surface area contributed by atoms with Gasteiger partial charge in [-0.15, -0.1) is 0 Å². The molecule has 3 heteroatoms. The van der Waals surface area contributed by atoms with Crippen LogP contribution >= 0.6 is 0 Å². The smallest absolute Gasteiger partial charge is 0.127 e. The van der Waals surface area contributed by atoms with Gasteiger partial charge in [0.1, 0.15) is 5.82 Å². The molecule has 1 aromatic rings. The highest BCUT2D eigenvalue weighted by Crippen LogP contribution is 2.09. The van der Waals surface area contributed by atoms with Crippen molar-refractivity contribution in [2.45, 2.75) is 40.3 Å². The monoisotopic (exact) mass is 252 g/mol. The van der Waals surface area contributed by atoms with Crippen molar-refractivity contribution >= 4 is 0 Å². The van der Waals surface area contributed by atoms with E-state index in [1.165, 1.54) is 0 Å². The van der Waals surface area contributed by atoms with Crippen LogP contribution < -0.4 is 10.6 Å². The minimum Gasteiger partial charge on any atom is -0.315 e. The van der Waals surface area contributed by atoms with E-state index in [0.29, 0.717) is 18.5 Å². The molecule has 102 valence electrons. The summed E-state index contributed by atoms with van der Waals surface area (Å²) in [6.07, 6.45) is 0. The average Bonchev–Trinajstić information content (AvgIpc) is 2.27. The van der Waals surface area contributed by atoms with Crippen LogP contribution in [0.4, 0.5) is 4.39 Å². The summed E-state index contributed by atoms with van der Waals surface area (Å²) >= 11 is 0. The Bertz CT molecular complexity index is 364. The summed E-state index contributed by atoms with van der Waals surface area (Å²) in [5, 5.41) is 6.72. The molecule has 0 radical (unpaired) electrons. The zero-order valence-corrected chi connectivity index (χ0v) is 11.9. The number of benzene rings is 1. The Hall–Kier alpha value is -0.930. The second-order valence-electron chi connectivity index (χ2n) is 5.43. The molecule has 0 spiro atoms. The molecular weight excluding hydrogens is 227 g/mol. The fourth-order valence-corrected chi connectivity index (χ4v) is 1.74. The van der Waals surface area contributed by atoms with Crippen molar-refractivity contribution in [3.8, 4) is 0 Å². The fraction of sp³-hybridized carbons (Fsp3) is 0.600. The molecule has 0 aliphatic carbocycles. The first-order valence-electron chi connectivity index (χ1n) is 6.68. The molecule has 0 heterocycles. The van der Waals surface area contributed by atoms with Gasteiger partial charge in [0.15, 0.2) is 0 Å². The van der Waals surface area contributed by atoms with Crippen LogP contribution in [-0.4, -0.2) is 19.1 Å². The summed E-state index contributed by atoms with van der Waals surface area (Å²) in [7, 11) is 0. The van der Waals surface area contributed by atoms with E-state index in [4.69, 9.17) is 0 Å². The van der Waals surface area contributed by atoms with Crippen molar-refractivity contribution in [1.29, 1.82) is 0 Å². The van der Waals surface area contributed by atoms with Crippen LogP contribution in [0.1, 0.15) is 31.9 Å². The number of aryl methyl sites for hydroxylation is 1. The summed E-state index contributed by atoms with van der Waals surface area (Å²) in [5.41, 5.74) is 1.69. The zero-order valence-electron chi connectivity index (χ0n) is 11.9. The Morgan fingerprint density at radius 1 is 1.17 bits per heavy atom. The summed E-state index contributed by atoms with van der Waals surface area (Å²) in [6, 6.07) is 5.72. The average molecular weight is 252 g/mol. The van der Waals surface area contributed by atoms with Crippen molar-refractivity contribution in [3.63, 3.8) is 0 Å². The molecule has 1 rings (SSSR count). The van der Waals surface area contributed by atoms with Crippen LogP contribution in [0.3, 0.4) is 0 Å². The Labute approximate surface area is 110 Å². The van der Waals surface area contributed by atoms with Gasteiger partial charge in [0.05, 0.1) is 0 Å². The number of rotatable bonds is 7. The van der Waals surface area contributed by atoms with Gasteiger partial charge in [-0.2, -0.15) is 0 Å². The molecule has 0 aliphatic rings. The first-order valence-corrected chi connectivity index (χ1v) is 6.68. The van der Waals surface area contributed by atoms with Crippen LogP contribution in [0.25, 0.3) is 0 Å². The van der Waals surface area contributed by atoms with Crippen molar-refractivity contribution in [2.75, 3.05) is 13.1 Å². The van der Waals surface area contributed by atoms with Gasteiger partial charge < -0.3 is 10.6 Å². The highest BCUT2D eigenvalue weighted by Gasteiger charge is 2.05. The molecule has 0 aromatic heterocycles. The van der Waals surface area contributed by atoms with Crippen LogP contribution in [0, 0.1) is 18.7 Å². The van der Waals surface area contributed by atoms with Crippen LogP contribution in [0.15, 0.2) is 18.2 Å². The number of nitrogens with one attached hydrogen (secondary N) is 2. The van der Waals surface area contributed by atoms with Crippen molar-refractivity contribution in [2.24, 2.45) is 5.92 Å². The summed E-state index contributed by atoms with van der Waals surface area (Å²) in [5.74, 6) is 0.539. The fourth-order valence-electron chi connectivity index (χ4n) is 1.74. The lowest BCUT2D eigenvalue weighted by atomic mass is 10.1. The van der Waals surface area contributed by atoms with E-state index in [1.54, 1.807) is 6.07 Å². The van der Waals surface area contributed by atoms with Crippen LogP contribution in [-0.2, 0) is 6.54 Å². The Morgan fingerprint density at radius 3 is 2.50 bits per heavy atom. The van der Waals surface area contributed by atoms with E-state index in [-0.39, 0.29) is 5.82 Å². The van der Waals surface area contributed by atoms with E-state index in [9.17, 15) is 4.39 Å². The molecule has 0 saturated heterocycles. The molecule has 1 atom stereocenters. The molecule has 1 aromatic carbocycles. The van der Waals surface area contributed by atoms with Gasteiger partial charge in [-0.3, -0.25) is 0 Å². The standard InChI is InChI=1S/C15H25FN2/c1-11(2)8-17-9-13(4)18-10-14-6-5-12(3)7-15(14)16/h5-7,11,13,17-18H,8-10H2,1-4H3. The Balaban J connectivity index is 2.31. The molecule has 2 N–H and O–H groups in total. The van der Waals surface area contributed by atoms with Crippen LogP contribution in [0.2, 0.25) is 0 Å². The lowest BCUT2D eigenvalue weighted by molar-refractivity contribution is 0.467. The minimum absolute atomic E-state index is 0.121. The van der Waals surface area contributed by atoms with E-state index in [1.807, 2.05) is 19.1 Å². The molecule has 1 unspecified atom stereocenters. The quantitative estimate of drug-likeness (QED) is 0.779. The maximum absolute atomic E-state index is 13.6. The number of hydrogen-bond donors (Lipinski definition) is 2. The predicted octanol–water partition coefficient (Wildman–Crippen LogP) is 2.86. The first-order chi connectivity index (χ1) is 8.49. The predicted molar refractivity (Wildman–Crippen MR) is 75.1 cm³/mol.